The Morgan fingerprint density at radius 3 is 2.58 bits per heavy atom. The maximum atomic E-state index is 14.4. The van der Waals surface area contributed by atoms with E-state index in [0.29, 0.717) is 10.7 Å². The number of rotatable bonds is 10. The maximum Gasteiger partial charge on any atom is 0.258 e. The summed E-state index contributed by atoms with van der Waals surface area (Å²) in [6.45, 7) is 3.70. The van der Waals surface area contributed by atoms with Gasteiger partial charge in [-0.15, -0.1) is 0 Å². The van der Waals surface area contributed by atoms with Crippen molar-refractivity contribution in [2.45, 2.75) is 32.9 Å². The highest BCUT2D eigenvalue weighted by Crippen LogP contribution is 2.24. The monoisotopic (exact) mass is 473 g/mol. The SMILES string of the molecule is COCC(=O)Cc1cnc(Nc2ccc(OC(C)C)c(F)c2)n(Cc2ccc(Cl)cc2)c1=O. The average molecular weight is 474 g/mol. The van der Waals surface area contributed by atoms with Crippen LogP contribution in [0.1, 0.15) is 25.0 Å². The molecule has 33 heavy (non-hydrogen) atoms. The van der Waals surface area contributed by atoms with Gasteiger partial charge in [-0.25, -0.2) is 9.37 Å². The molecular weight excluding hydrogens is 449 g/mol. The Labute approximate surface area is 196 Å². The Bertz CT molecular complexity index is 1180. The number of carbonyl (C=O) groups is 1. The first-order valence-corrected chi connectivity index (χ1v) is 10.7. The van der Waals surface area contributed by atoms with E-state index in [4.69, 9.17) is 21.1 Å². The summed E-state index contributed by atoms with van der Waals surface area (Å²) in [6.07, 6.45) is 1.08. The smallest absolute Gasteiger partial charge is 0.258 e. The zero-order chi connectivity index (χ0) is 24.0. The van der Waals surface area contributed by atoms with Gasteiger partial charge in [-0.05, 0) is 43.7 Å². The Balaban J connectivity index is 1.96. The van der Waals surface area contributed by atoms with Gasteiger partial charge in [0.2, 0.25) is 5.95 Å². The number of ether oxygens (including phenoxy) is 2. The third kappa shape index (κ3) is 6.63. The number of anilines is 2. The van der Waals surface area contributed by atoms with Crippen LogP contribution in [0.4, 0.5) is 16.0 Å². The minimum atomic E-state index is -0.540. The van der Waals surface area contributed by atoms with Crippen LogP contribution in [-0.2, 0) is 22.5 Å². The summed E-state index contributed by atoms with van der Waals surface area (Å²) in [5, 5.41) is 3.56. The topological polar surface area (TPSA) is 82.4 Å². The predicted octanol–water partition coefficient (Wildman–Crippen LogP) is 4.37. The fourth-order valence-corrected chi connectivity index (χ4v) is 3.28. The molecule has 0 radical (unpaired) electrons. The molecule has 0 aliphatic rings. The molecule has 0 aliphatic heterocycles. The number of Topliss-reactive ketones (excluding diaryl/α,β-unsaturated/α-hetero) is 1. The van der Waals surface area contributed by atoms with Gasteiger partial charge in [0.05, 0.1) is 12.6 Å². The molecule has 9 heteroatoms. The molecule has 1 N–H and O–H groups in total. The zero-order valence-corrected chi connectivity index (χ0v) is 19.4. The fraction of sp³-hybridized carbons (Fsp3) is 0.292. The van der Waals surface area contributed by atoms with Crippen molar-refractivity contribution in [3.05, 3.63) is 81.0 Å². The molecule has 0 spiro atoms. The largest absolute Gasteiger partial charge is 0.488 e. The molecule has 3 aromatic rings. The normalized spacial score (nSPS) is 11.0. The highest BCUT2D eigenvalue weighted by atomic mass is 35.5. The van der Waals surface area contributed by atoms with E-state index in [0.717, 1.165) is 5.56 Å². The molecule has 7 nitrogen and oxygen atoms in total. The van der Waals surface area contributed by atoms with Crippen molar-refractivity contribution in [3.8, 4) is 5.75 Å². The van der Waals surface area contributed by atoms with Gasteiger partial charge in [0.25, 0.3) is 5.56 Å². The van der Waals surface area contributed by atoms with Crippen LogP contribution in [0.2, 0.25) is 5.02 Å². The summed E-state index contributed by atoms with van der Waals surface area (Å²) in [6, 6.07) is 11.4. The second kappa shape index (κ2) is 11.1. The highest BCUT2D eigenvalue weighted by molar-refractivity contribution is 6.30. The quantitative estimate of drug-likeness (QED) is 0.470. The van der Waals surface area contributed by atoms with Crippen molar-refractivity contribution < 1.29 is 18.7 Å². The Morgan fingerprint density at radius 1 is 1.21 bits per heavy atom. The lowest BCUT2D eigenvalue weighted by molar-refractivity contribution is -0.122. The van der Waals surface area contributed by atoms with Gasteiger partial charge in [0, 0.05) is 42.1 Å². The summed E-state index contributed by atoms with van der Waals surface area (Å²) in [5.41, 5.74) is 1.05. The second-order valence-corrected chi connectivity index (χ2v) is 8.15. The van der Waals surface area contributed by atoms with Crippen LogP contribution in [0.5, 0.6) is 5.75 Å². The number of halogens is 2. The van der Waals surface area contributed by atoms with Crippen LogP contribution in [-0.4, -0.2) is 35.2 Å². The zero-order valence-electron chi connectivity index (χ0n) is 18.6. The Kier molecular flexibility index (Phi) is 8.19. The van der Waals surface area contributed by atoms with Gasteiger partial charge in [-0.3, -0.25) is 14.2 Å². The molecule has 1 heterocycles. The lowest BCUT2D eigenvalue weighted by Gasteiger charge is -2.16. The van der Waals surface area contributed by atoms with Gasteiger partial charge >= 0.3 is 0 Å². The van der Waals surface area contributed by atoms with Crippen molar-refractivity contribution in [3.63, 3.8) is 0 Å². The van der Waals surface area contributed by atoms with Crippen LogP contribution in [0.25, 0.3) is 0 Å². The predicted molar refractivity (Wildman–Crippen MR) is 125 cm³/mol. The van der Waals surface area contributed by atoms with E-state index < -0.39 is 5.82 Å². The van der Waals surface area contributed by atoms with Crippen LogP contribution in [0, 0.1) is 5.82 Å². The molecule has 0 saturated carbocycles. The maximum absolute atomic E-state index is 14.4. The molecule has 0 amide bonds. The molecule has 2 aromatic carbocycles. The summed E-state index contributed by atoms with van der Waals surface area (Å²) in [4.78, 5) is 29.6. The third-order valence-corrected chi connectivity index (χ3v) is 4.87. The van der Waals surface area contributed by atoms with Crippen LogP contribution in [0.15, 0.2) is 53.5 Å². The average Bonchev–Trinajstić information content (AvgIpc) is 2.76. The first kappa shape index (κ1) is 24.4. The summed E-state index contributed by atoms with van der Waals surface area (Å²) >= 11 is 5.97. The number of benzene rings is 2. The molecule has 0 bridgehead atoms. The van der Waals surface area contributed by atoms with Gasteiger partial charge < -0.3 is 14.8 Å². The van der Waals surface area contributed by atoms with Crippen molar-refractivity contribution in [2.24, 2.45) is 0 Å². The van der Waals surface area contributed by atoms with Crippen molar-refractivity contribution >= 4 is 29.0 Å². The first-order valence-electron chi connectivity index (χ1n) is 10.3. The van der Waals surface area contributed by atoms with E-state index >= 15 is 0 Å². The molecule has 0 unspecified atom stereocenters. The molecule has 174 valence electrons. The minimum absolute atomic E-state index is 0.0965. The number of ketones is 1. The van der Waals surface area contributed by atoms with Gasteiger partial charge in [0.15, 0.2) is 17.3 Å². The number of aromatic nitrogens is 2. The highest BCUT2D eigenvalue weighted by Gasteiger charge is 2.15. The van der Waals surface area contributed by atoms with E-state index in [1.807, 2.05) is 13.8 Å². The number of nitrogens with one attached hydrogen (secondary N) is 1. The lowest BCUT2D eigenvalue weighted by Crippen LogP contribution is -2.29. The minimum Gasteiger partial charge on any atom is -0.488 e. The standard InChI is InChI=1S/C24H25ClFN3O4/c1-15(2)33-22-9-8-19(11-21(22)26)28-24-27-12-17(10-20(30)14-32-3)23(31)29(24)13-16-4-6-18(25)7-5-16/h4-9,11-12,15H,10,13-14H2,1-3H3,(H,27,28). The van der Waals surface area contributed by atoms with Crippen molar-refractivity contribution in [1.29, 1.82) is 0 Å². The van der Waals surface area contributed by atoms with Crippen molar-refractivity contribution in [2.75, 3.05) is 19.0 Å². The molecule has 0 atom stereocenters. The van der Waals surface area contributed by atoms with Gasteiger partial charge in [-0.1, -0.05) is 23.7 Å². The Hall–Kier alpha value is -3.23. The molecule has 0 fully saturated rings. The molecule has 0 saturated heterocycles. The Morgan fingerprint density at radius 2 is 1.94 bits per heavy atom. The van der Waals surface area contributed by atoms with E-state index in [1.165, 1.54) is 30.0 Å². The summed E-state index contributed by atoms with van der Waals surface area (Å²) in [5.74, 6) is -0.441. The fourth-order valence-electron chi connectivity index (χ4n) is 3.16. The number of methoxy groups -OCH3 is 1. The van der Waals surface area contributed by atoms with E-state index in [1.54, 1.807) is 30.3 Å². The van der Waals surface area contributed by atoms with Crippen LogP contribution >= 0.6 is 11.6 Å². The number of carbonyl (C=O) groups excluding carboxylic acids is 1. The third-order valence-electron chi connectivity index (χ3n) is 4.62. The molecule has 1 aromatic heterocycles. The lowest BCUT2D eigenvalue weighted by atomic mass is 10.1. The van der Waals surface area contributed by atoms with E-state index in [-0.39, 0.29) is 54.3 Å². The first-order chi connectivity index (χ1) is 15.8. The van der Waals surface area contributed by atoms with Crippen molar-refractivity contribution in [1.82, 2.24) is 9.55 Å². The van der Waals surface area contributed by atoms with Crippen LogP contribution < -0.4 is 15.6 Å². The molecule has 3 rings (SSSR count). The summed E-state index contributed by atoms with van der Waals surface area (Å²) < 4.78 is 26.1. The van der Waals surface area contributed by atoms with Crippen LogP contribution in [0.3, 0.4) is 0 Å². The molecular formula is C24H25ClFN3O4. The van der Waals surface area contributed by atoms with Gasteiger partial charge in [-0.2, -0.15) is 0 Å². The second-order valence-electron chi connectivity index (χ2n) is 7.71. The van der Waals surface area contributed by atoms with Gasteiger partial charge in [0.1, 0.15) is 6.61 Å². The van der Waals surface area contributed by atoms with E-state index in [9.17, 15) is 14.0 Å². The number of hydrogen-bond donors (Lipinski definition) is 1. The molecule has 0 aliphatic carbocycles. The van der Waals surface area contributed by atoms with E-state index in [2.05, 4.69) is 10.3 Å². The number of nitrogens with zero attached hydrogens (tertiary/aromatic N) is 2. The summed E-state index contributed by atoms with van der Waals surface area (Å²) in [7, 11) is 1.42. The number of hydrogen-bond acceptors (Lipinski definition) is 6.